The number of carbonyl (C=O) groups excluding carboxylic acids is 4. The molecule has 0 saturated carbocycles. The molecule has 4 rings (SSSR count). The molecule has 0 atom stereocenters. The van der Waals surface area contributed by atoms with Gasteiger partial charge in [0.1, 0.15) is 0 Å². The first kappa shape index (κ1) is 27.2. The van der Waals surface area contributed by atoms with Crippen LogP contribution in [0, 0.1) is 0 Å². The van der Waals surface area contributed by atoms with Crippen molar-refractivity contribution in [2.24, 2.45) is 0 Å². The molecular weight excluding hydrogens is 605 g/mol. The summed E-state index contributed by atoms with van der Waals surface area (Å²) in [6.45, 7) is 11.6. The lowest BCUT2D eigenvalue weighted by molar-refractivity contribution is 0.0506. The van der Waals surface area contributed by atoms with Crippen LogP contribution < -0.4 is 7.58 Å². The Morgan fingerprint density at radius 2 is 1.11 bits per heavy atom. The van der Waals surface area contributed by atoms with E-state index in [-0.39, 0.29) is 27.9 Å². The highest BCUT2D eigenvalue weighted by Gasteiger charge is 2.46. The van der Waals surface area contributed by atoms with Gasteiger partial charge in [-0.25, -0.2) is 0 Å². The maximum absolute atomic E-state index is 13.1. The number of imide groups is 2. The zero-order chi connectivity index (χ0) is 26.7. The molecule has 2 aromatic rings. The molecule has 0 unspecified atom stereocenters. The summed E-state index contributed by atoms with van der Waals surface area (Å²) in [4.78, 5) is 52.8. The van der Waals surface area contributed by atoms with Gasteiger partial charge in [0.15, 0.2) is 0 Å². The van der Waals surface area contributed by atoms with Crippen molar-refractivity contribution in [1.82, 2.24) is 8.78 Å². The lowest BCUT2D eigenvalue weighted by Gasteiger charge is -2.29. The quantitative estimate of drug-likeness (QED) is 0.263. The molecule has 0 bridgehead atoms. The van der Waals surface area contributed by atoms with E-state index in [0.29, 0.717) is 33.8 Å². The number of nitrogens with zero attached hydrogens (tertiary/aromatic N) is 2. The molecule has 11 heteroatoms. The first-order chi connectivity index (χ1) is 16.6. The van der Waals surface area contributed by atoms with Gasteiger partial charge in [0.05, 0.1) is 33.8 Å². The van der Waals surface area contributed by atoms with Crippen LogP contribution in [0.25, 0.3) is 0 Å². The molecule has 0 aromatic heterocycles. The molecule has 36 heavy (non-hydrogen) atoms. The third-order valence-electron chi connectivity index (χ3n) is 6.52. The molecule has 186 valence electrons. The van der Waals surface area contributed by atoms with Crippen LogP contribution in [-0.4, -0.2) is 63.9 Å². The number of rotatable bonds is 5. The molecule has 2 aliphatic heterocycles. The lowest BCUT2D eigenvalue weighted by Crippen LogP contribution is -2.46. The van der Waals surface area contributed by atoms with E-state index in [2.05, 4.69) is 41.0 Å². The first-order valence-electron chi connectivity index (χ1n) is 11.6. The minimum atomic E-state index is -2.33. The summed E-state index contributed by atoms with van der Waals surface area (Å²) in [6, 6.07) is 9.73. The predicted octanol–water partition coefficient (Wildman–Crippen LogP) is 4.98. The van der Waals surface area contributed by atoms with Crippen LogP contribution in [-0.2, 0) is 0 Å². The number of amides is 4. The molecule has 4 amide bonds. The number of halogens is 1. The Kier molecular flexibility index (Phi) is 7.13. The molecule has 8 nitrogen and oxygen atoms in total. The summed E-state index contributed by atoms with van der Waals surface area (Å²) < 4.78 is 13.3. The van der Waals surface area contributed by atoms with Crippen molar-refractivity contribution in [3.8, 4) is 11.5 Å². The van der Waals surface area contributed by atoms with Crippen LogP contribution >= 0.6 is 20.3 Å². The van der Waals surface area contributed by atoms with Crippen molar-refractivity contribution >= 4 is 69.8 Å². The zero-order valence-electron chi connectivity index (χ0n) is 21.3. The number of fused-ring (bicyclic) bond motifs is 2. The van der Waals surface area contributed by atoms with Gasteiger partial charge in [-0.3, -0.25) is 24.1 Å². The Labute approximate surface area is 231 Å². The Bertz CT molecular complexity index is 1300. The van der Waals surface area contributed by atoms with Gasteiger partial charge in [-0.2, -0.15) is 0 Å². The summed E-state index contributed by atoms with van der Waals surface area (Å²) >= 11 is -2.10. The summed E-state index contributed by atoms with van der Waals surface area (Å²) in [6.07, 6.45) is 0. The molecule has 0 fully saturated rings. The number of hydrogen-bond donors (Lipinski definition) is 0. The van der Waals surface area contributed by atoms with Crippen molar-refractivity contribution < 1.29 is 26.8 Å². The van der Waals surface area contributed by atoms with Gasteiger partial charge in [-0.1, -0.05) is 51.1 Å². The second-order valence-corrected chi connectivity index (χ2v) is 18.7. The monoisotopic (exact) mass is 632 g/mol. The smallest absolute Gasteiger partial charge is 0.604 e. The van der Waals surface area contributed by atoms with Crippen LogP contribution in [0.3, 0.4) is 0 Å². The van der Waals surface area contributed by atoms with E-state index in [1.165, 1.54) is 8.78 Å². The molecular formula is C25H27Al2IN2O6. The zero-order valence-corrected chi connectivity index (χ0v) is 25.8. The van der Waals surface area contributed by atoms with Gasteiger partial charge >= 0.3 is 25.9 Å². The van der Waals surface area contributed by atoms with Crippen LogP contribution in [0.5, 0.6) is 11.5 Å². The van der Waals surface area contributed by atoms with Gasteiger partial charge in [0.25, 0.3) is 11.8 Å². The summed E-state index contributed by atoms with van der Waals surface area (Å²) in [5, 5.41) is 0. The largest absolute Gasteiger partial charge is 0.948 e. The maximum atomic E-state index is 13.1. The minimum absolute atomic E-state index is 0.119. The van der Waals surface area contributed by atoms with Crippen LogP contribution in [0.2, 0.25) is 10.1 Å². The Balaban J connectivity index is 1.49. The van der Waals surface area contributed by atoms with Crippen molar-refractivity contribution in [2.45, 2.75) is 57.1 Å². The van der Waals surface area contributed by atoms with Gasteiger partial charge in [-0.15, -0.1) is 0 Å². The molecule has 0 aliphatic carbocycles. The highest BCUT2D eigenvalue weighted by Crippen LogP contribution is 2.36. The predicted molar refractivity (Wildman–Crippen MR) is 146 cm³/mol. The average molecular weight is 632 g/mol. The van der Waals surface area contributed by atoms with Crippen molar-refractivity contribution in [3.05, 3.63) is 58.7 Å². The standard InChI is InChI=1S/C12H13NO3.C8H5NO3.C4H9.CH3.2Al.HI/c1-12(2,3)13-10(15)8-5-4-7(14)6-9(8)11(13)16;10-4-1-2-5-6(3-4)8(12)9-7(5)11;1-4(2)3;;;;/h4-6,14H,1-3H3;1-3H,(H2,9,10,11,12);1-3H3;1H3;;;1H/q;;;;+1;+3;/p-4. The number of hydrogen-bond acceptors (Lipinski definition) is 6. The van der Waals surface area contributed by atoms with Crippen LogP contribution in [0.15, 0.2) is 36.4 Å². The molecule has 0 radical (unpaired) electrons. The van der Waals surface area contributed by atoms with E-state index in [9.17, 15) is 19.2 Å². The SMILES string of the molecule is [CH3][Al]([N]1C(=O)c2ccc([O][Al]([I])[O]c3ccc4c(c3)C(=O)N(C(C)(C)C)C4=O)cc2C1=O)[C](C)(C)C. The highest BCUT2D eigenvalue weighted by atomic mass is 127. The summed E-state index contributed by atoms with van der Waals surface area (Å²) in [5.74, 6) is 1.71. The lowest BCUT2D eigenvalue weighted by atomic mass is 10.1. The van der Waals surface area contributed by atoms with Gasteiger partial charge < -0.3 is 11.5 Å². The molecule has 2 heterocycles. The molecule has 2 aliphatic rings. The maximum Gasteiger partial charge on any atom is 0.948 e. The Morgan fingerprint density at radius 1 is 0.694 bits per heavy atom. The van der Waals surface area contributed by atoms with Crippen LogP contribution in [0.4, 0.5) is 0 Å². The average Bonchev–Trinajstić information content (AvgIpc) is 3.16. The molecule has 0 saturated heterocycles. The van der Waals surface area contributed by atoms with Gasteiger partial charge in [0, 0.05) is 5.54 Å². The second kappa shape index (κ2) is 9.45. The summed E-state index contributed by atoms with van der Waals surface area (Å²) in [5.41, 5.74) is 0.780. The highest BCUT2D eigenvalue weighted by molar-refractivity contribution is 14.1. The fraction of sp³-hybridized carbons (Fsp3) is 0.360. The van der Waals surface area contributed by atoms with E-state index in [4.69, 9.17) is 7.58 Å². The van der Waals surface area contributed by atoms with Crippen molar-refractivity contribution in [1.29, 1.82) is 0 Å². The fourth-order valence-electron chi connectivity index (χ4n) is 4.19. The van der Waals surface area contributed by atoms with Crippen molar-refractivity contribution in [3.63, 3.8) is 0 Å². The second-order valence-electron chi connectivity index (χ2n) is 11.1. The number of benzene rings is 2. The van der Waals surface area contributed by atoms with E-state index in [0.717, 1.165) is 0 Å². The third-order valence-corrected chi connectivity index (χ3v) is 12.7. The topological polar surface area (TPSA) is 93.2 Å². The fourth-order valence-corrected chi connectivity index (χ4v) is 8.48. The molecule has 0 N–H and O–H groups in total. The molecule has 0 spiro atoms. The molecule has 2 aromatic carbocycles. The normalized spacial score (nSPS) is 15.3. The first-order valence-corrected chi connectivity index (χ1v) is 19.0. The van der Waals surface area contributed by atoms with Gasteiger partial charge in [0.2, 0.25) is 11.8 Å². The van der Waals surface area contributed by atoms with E-state index in [1.54, 1.807) is 36.4 Å². The summed E-state index contributed by atoms with van der Waals surface area (Å²) in [7, 11) is 0. The van der Waals surface area contributed by atoms with E-state index >= 15 is 0 Å². The van der Waals surface area contributed by atoms with Gasteiger partial charge in [-0.05, 0) is 57.2 Å². The Hall–Kier alpha value is -1.89. The minimum Gasteiger partial charge on any atom is -0.604 e. The Morgan fingerprint density at radius 3 is 1.58 bits per heavy atom. The van der Waals surface area contributed by atoms with E-state index < -0.39 is 31.4 Å². The number of carbonyl (C=O) groups is 4. The van der Waals surface area contributed by atoms with Crippen LogP contribution in [0.1, 0.15) is 83.0 Å². The van der Waals surface area contributed by atoms with E-state index in [1.807, 2.05) is 26.6 Å². The third kappa shape index (κ3) is 4.84. The van der Waals surface area contributed by atoms with Crippen molar-refractivity contribution in [2.75, 3.05) is 0 Å².